The van der Waals surface area contributed by atoms with Crippen molar-refractivity contribution in [3.05, 3.63) is 34.6 Å². The van der Waals surface area contributed by atoms with E-state index in [2.05, 4.69) is 4.90 Å². The topological polar surface area (TPSA) is 20.3 Å². The number of hydrogen-bond acceptors (Lipinski definition) is 2. The van der Waals surface area contributed by atoms with E-state index in [1.54, 1.807) is 12.1 Å². The van der Waals surface area contributed by atoms with Gasteiger partial charge in [0.1, 0.15) is 12.1 Å². The minimum Gasteiger partial charge on any atom is -0.303 e. The molecule has 1 fully saturated rings. The zero-order valence-corrected chi connectivity index (χ0v) is 10.3. The Morgan fingerprint density at radius 2 is 2.12 bits per heavy atom. The van der Waals surface area contributed by atoms with Gasteiger partial charge in [-0.1, -0.05) is 11.6 Å². The van der Waals surface area contributed by atoms with Crippen molar-refractivity contribution < 1.29 is 9.18 Å². The summed E-state index contributed by atoms with van der Waals surface area (Å²) in [7, 11) is 0. The van der Waals surface area contributed by atoms with Gasteiger partial charge in [0.15, 0.2) is 0 Å². The molecule has 17 heavy (non-hydrogen) atoms. The van der Waals surface area contributed by atoms with Gasteiger partial charge in [0.2, 0.25) is 0 Å². The van der Waals surface area contributed by atoms with Gasteiger partial charge in [-0.25, -0.2) is 4.39 Å². The summed E-state index contributed by atoms with van der Waals surface area (Å²) in [6.45, 7) is 2.25. The molecule has 92 valence electrons. The monoisotopic (exact) mass is 255 g/mol. The number of halogens is 2. The maximum absolute atomic E-state index is 13.5. The molecule has 0 amide bonds. The van der Waals surface area contributed by atoms with Crippen LogP contribution in [0.1, 0.15) is 18.4 Å². The zero-order valence-electron chi connectivity index (χ0n) is 9.53. The molecule has 0 aromatic heterocycles. The highest BCUT2D eigenvalue weighted by Crippen LogP contribution is 2.20. The van der Waals surface area contributed by atoms with Crippen molar-refractivity contribution in [1.29, 1.82) is 0 Å². The van der Waals surface area contributed by atoms with Crippen LogP contribution in [0.15, 0.2) is 18.2 Å². The van der Waals surface area contributed by atoms with Crippen LogP contribution >= 0.6 is 11.6 Å². The molecule has 0 atom stereocenters. The number of carbonyl (C=O) groups excluding carboxylic acids is 1. The summed E-state index contributed by atoms with van der Waals surface area (Å²) >= 11 is 5.85. The van der Waals surface area contributed by atoms with Gasteiger partial charge in [-0.05, 0) is 44.1 Å². The quantitative estimate of drug-likeness (QED) is 0.774. The Labute approximate surface area is 105 Å². The van der Waals surface area contributed by atoms with Crippen molar-refractivity contribution in [2.75, 3.05) is 13.1 Å². The molecule has 0 unspecified atom stereocenters. The van der Waals surface area contributed by atoms with Crippen LogP contribution in [0, 0.1) is 11.7 Å². The second-order valence-corrected chi connectivity index (χ2v) is 4.92. The molecule has 4 heteroatoms. The number of likely N-dealkylation sites (tertiary alicyclic amines) is 1. The fourth-order valence-electron chi connectivity index (χ4n) is 2.15. The number of aldehydes is 1. The van der Waals surface area contributed by atoms with E-state index in [1.165, 1.54) is 6.07 Å². The molecule has 0 aliphatic carbocycles. The Morgan fingerprint density at radius 3 is 2.76 bits per heavy atom. The molecule has 1 heterocycles. The Kier molecular flexibility index (Phi) is 4.13. The van der Waals surface area contributed by atoms with E-state index in [0.29, 0.717) is 17.1 Å². The minimum absolute atomic E-state index is 0.176. The Balaban J connectivity index is 1.97. The van der Waals surface area contributed by atoms with Crippen molar-refractivity contribution in [3.8, 4) is 0 Å². The maximum Gasteiger partial charge on any atom is 0.127 e. The lowest BCUT2D eigenvalue weighted by atomic mass is 9.98. The standard InChI is InChI=1S/C13H15ClFNO/c14-12-1-2-13(15)11(7-12)8-16-5-3-10(9-17)4-6-16/h1-2,7,9-10H,3-6,8H2. The summed E-state index contributed by atoms with van der Waals surface area (Å²) < 4.78 is 13.5. The highest BCUT2D eigenvalue weighted by Gasteiger charge is 2.19. The van der Waals surface area contributed by atoms with Crippen LogP contribution < -0.4 is 0 Å². The predicted molar refractivity (Wildman–Crippen MR) is 65.5 cm³/mol. The van der Waals surface area contributed by atoms with Gasteiger partial charge in [0, 0.05) is 23.0 Å². The van der Waals surface area contributed by atoms with E-state index < -0.39 is 0 Å². The van der Waals surface area contributed by atoms with Gasteiger partial charge >= 0.3 is 0 Å². The lowest BCUT2D eigenvalue weighted by Gasteiger charge is -2.29. The van der Waals surface area contributed by atoms with Crippen LogP contribution in [0.5, 0.6) is 0 Å². The number of hydrogen-bond donors (Lipinski definition) is 0. The molecule has 1 saturated heterocycles. The second-order valence-electron chi connectivity index (χ2n) is 4.49. The van der Waals surface area contributed by atoms with Gasteiger partial charge in [-0.15, -0.1) is 0 Å². The van der Waals surface area contributed by atoms with Crippen molar-refractivity contribution >= 4 is 17.9 Å². The molecule has 0 saturated carbocycles. The van der Waals surface area contributed by atoms with Crippen LogP contribution in [0.3, 0.4) is 0 Å². The van der Waals surface area contributed by atoms with Crippen LogP contribution in [0.4, 0.5) is 4.39 Å². The predicted octanol–water partition coefficient (Wildman–Crippen LogP) is 2.89. The van der Waals surface area contributed by atoms with E-state index in [0.717, 1.165) is 32.2 Å². The number of rotatable bonds is 3. The van der Waals surface area contributed by atoms with Gasteiger partial charge < -0.3 is 4.79 Å². The molecule has 0 N–H and O–H groups in total. The first-order valence-electron chi connectivity index (χ1n) is 5.80. The third-order valence-corrected chi connectivity index (χ3v) is 3.46. The molecular weight excluding hydrogens is 241 g/mol. The van der Waals surface area contributed by atoms with Crippen LogP contribution in [0.2, 0.25) is 5.02 Å². The molecule has 0 spiro atoms. The van der Waals surface area contributed by atoms with Crippen molar-refractivity contribution in [2.45, 2.75) is 19.4 Å². The highest BCUT2D eigenvalue weighted by atomic mass is 35.5. The summed E-state index contributed by atoms with van der Waals surface area (Å²) in [6.07, 6.45) is 2.76. The summed E-state index contributed by atoms with van der Waals surface area (Å²) in [5.41, 5.74) is 0.627. The molecule has 1 aromatic carbocycles. The highest BCUT2D eigenvalue weighted by molar-refractivity contribution is 6.30. The van der Waals surface area contributed by atoms with Crippen LogP contribution in [0.25, 0.3) is 0 Å². The Morgan fingerprint density at radius 1 is 1.41 bits per heavy atom. The number of nitrogens with zero attached hydrogens (tertiary/aromatic N) is 1. The second kappa shape index (κ2) is 5.61. The van der Waals surface area contributed by atoms with Crippen molar-refractivity contribution in [3.63, 3.8) is 0 Å². The Bertz CT molecular complexity index is 402. The van der Waals surface area contributed by atoms with Crippen molar-refractivity contribution in [1.82, 2.24) is 4.90 Å². The SMILES string of the molecule is O=CC1CCN(Cc2cc(Cl)ccc2F)CC1. The third kappa shape index (κ3) is 3.27. The summed E-state index contributed by atoms with van der Waals surface area (Å²) in [5, 5.41) is 0.559. The first-order valence-corrected chi connectivity index (χ1v) is 6.18. The van der Waals surface area contributed by atoms with E-state index >= 15 is 0 Å². The number of piperidine rings is 1. The number of carbonyl (C=O) groups is 1. The van der Waals surface area contributed by atoms with E-state index in [9.17, 15) is 9.18 Å². The van der Waals surface area contributed by atoms with Gasteiger partial charge in [-0.3, -0.25) is 4.90 Å². The van der Waals surface area contributed by atoms with E-state index in [4.69, 9.17) is 11.6 Å². The summed E-state index contributed by atoms with van der Waals surface area (Å²) in [6, 6.07) is 4.62. The van der Waals surface area contributed by atoms with Crippen molar-refractivity contribution in [2.24, 2.45) is 5.92 Å². The molecule has 1 aromatic rings. The third-order valence-electron chi connectivity index (χ3n) is 3.23. The average molecular weight is 256 g/mol. The van der Waals surface area contributed by atoms with Gasteiger partial charge in [0.25, 0.3) is 0 Å². The maximum atomic E-state index is 13.5. The lowest BCUT2D eigenvalue weighted by Crippen LogP contribution is -2.33. The molecule has 0 bridgehead atoms. The lowest BCUT2D eigenvalue weighted by molar-refractivity contribution is -0.112. The average Bonchev–Trinajstić information content (AvgIpc) is 2.35. The van der Waals surface area contributed by atoms with E-state index in [-0.39, 0.29) is 11.7 Å². The molecule has 2 rings (SSSR count). The molecule has 1 aliphatic heterocycles. The Hall–Kier alpha value is -0.930. The number of benzene rings is 1. The summed E-state index contributed by atoms with van der Waals surface area (Å²) in [4.78, 5) is 12.8. The fourth-order valence-corrected chi connectivity index (χ4v) is 2.35. The van der Waals surface area contributed by atoms with Crippen LogP contribution in [-0.4, -0.2) is 24.3 Å². The molecule has 2 nitrogen and oxygen atoms in total. The largest absolute Gasteiger partial charge is 0.303 e. The molecule has 1 aliphatic rings. The van der Waals surface area contributed by atoms with Crippen LogP contribution in [-0.2, 0) is 11.3 Å². The molecular formula is C13H15ClFNO. The normalized spacial score (nSPS) is 18.2. The first kappa shape index (κ1) is 12.5. The van der Waals surface area contributed by atoms with Gasteiger partial charge in [-0.2, -0.15) is 0 Å². The molecule has 0 radical (unpaired) electrons. The first-order chi connectivity index (χ1) is 8.19. The fraction of sp³-hybridized carbons (Fsp3) is 0.462. The zero-order chi connectivity index (χ0) is 12.3. The summed E-state index contributed by atoms with van der Waals surface area (Å²) in [5.74, 6) is -0.0395. The minimum atomic E-state index is -0.216. The smallest absolute Gasteiger partial charge is 0.127 e. The van der Waals surface area contributed by atoms with Gasteiger partial charge in [0.05, 0.1) is 0 Å². The van der Waals surface area contributed by atoms with E-state index in [1.807, 2.05) is 0 Å².